The third kappa shape index (κ3) is 4.22. The van der Waals surface area contributed by atoms with E-state index in [0.717, 1.165) is 35.7 Å². The topological polar surface area (TPSA) is 50.8 Å². The first-order valence-corrected chi connectivity index (χ1v) is 9.60. The minimum atomic E-state index is -0.190. The van der Waals surface area contributed by atoms with Gasteiger partial charge in [-0.2, -0.15) is 0 Å². The van der Waals surface area contributed by atoms with Crippen molar-refractivity contribution in [2.24, 2.45) is 5.92 Å². The molecule has 2 aliphatic heterocycles. The molecule has 0 aliphatic carbocycles. The highest BCUT2D eigenvalue weighted by Gasteiger charge is 2.35. The number of piperazine rings is 1. The Balaban J connectivity index is 0.00000225. The lowest BCUT2D eigenvalue weighted by Gasteiger charge is -2.39. The normalized spacial score (nSPS) is 21.1. The lowest BCUT2D eigenvalue weighted by atomic mass is 9.93. The van der Waals surface area contributed by atoms with Crippen LogP contribution in [-0.2, 0) is 11.2 Å². The van der Waals surface area contributed by atoms with E-state index in [-0.39, 0.29) is 30.3 Å². The number of hydrogen-bond acceptors (Lipinski definition) is 4. The van der Waals surface area contributed by atoms with Gasteiger partial charge in [-0.3, -0.25) is 4.79 Å². The smallest absolute Gasteiger partial charge is 0.230 e. The monoisotopic (exact) mass is 422 g/mol. The molecule has 2 atom stereocenters. The molecule has 2 aliphatic rings. The highest BCUT2D eigenvalue weighted by atomic mass is 35.5. The molecule has 0 radical (unpaired) electrons. The van der Waals surface area contributed by atoms with E-state index >= 15 is 0 Å². The number of ether oxygens (including phenoxy) is 2. The third-order valence-electron chi connectivity index (χ3n) is 5.28. The molecule has 2 aromatic carbocycles. The van der Waals surface area contributed by atoms with Crippen LogP contribution in [0.25, 0.3) is 0 Å². The number of carbonyl (C=O) groups is 1. The summed E-state index contributed by atoms with van der Waals surface area (Å²) in [5.74, 6) is 1.57. The molecule has 2 heterocycles. The van der Waals surface area contributed by atoms with Gasteiger partial charge in [0.1, 0.15) is 18.1 Å². The quantitative estimate of drug-likeness (QED) is 0.821. The molecule has 7 heteroatoms. The predicted molar refractivity (Wildman–Crippen MR) is 112 cm³/mol. The summed E-state index contributed by atoms with van der Waals surface area (Å²) in [4.78, 5) is 15.3. The Labute approximate surface area is 176 Å². The van der Waals surface area contributed by atoms with Gasteiger partial charge >= 0.3 is 0 Å². The molecule has 0 bridgehead atoms. The van der Waals surface area contributed by atoms with Gasteiger partial charge < -0.3 is 19.7 Å². The van der Waals surface area contributed by atoms with Crippen LogP contribution in [0, 0.1) is 5.92 Å². The Morgan fingerprint density at radius 3 is 2.93 bits per heavy atom. The Hall–Kier alpha value is -1.95. The van der Waals surface area contributed by atoms with Crippen molar-refractivity contribution in [2.75, 3.05) is 33.4 Å². The Morgan fingerprint density at radius 1 is 1.29 bits per heavy atom. The number of fused-ring (bicyclic) bond motifs is 1. The average molecular weight is 423 g/mol. The maximum atomic E-state index is 13.3. The van der Waals surface area contributed by atoms with Crippen LogP contribution in [0.15, 0.2) is 42.5 Å². The van der Waals surface area contributed by atoms with Crippen LogP contribution < -0.4 is 14.8 Å². The number of rotatable bonds is 3. The van der Waals surface area contributed by atoms with Crippen molar-refractivity contribution in [3.8, 4) is 11.5 Å². The first kappa shape index (κ1) is 20.8. The lowest BCUT2D eigenvalue weighted by Crippen LogP contribution is -2.51. The highest BCUT2D eigenvalue weighted by Crippen LogP contribution is 2.33. The van der Waals surface area contributed by atoms with Crippen molar-refractivity contribution >= 4 is 29.9 Å². The molecule has 1 fully saturated rings. The van der Waals surface area contributed by atoms with Crippen LogP contribution in [0.5, 0.6) is 11.5 Å². The number of hydrogen-bond donors (Lipinski definition) is 1. The van der Waals surface area contributed by atoms with E-state index in [9.17, 15) is 4.79 Å². The van der Waals surface area contributed by atoms with Gasteiger partial charge in [0.15, 0.2) is 0 Å². The molecular weight excluding hydrogens is 399 g/mol. The number of nitrogens with zero attached hydrogens (tertiary/aromatic N) is 1. The largest absolute Gasteiger partial charge is 0.497 e. The van der Waals surface area contributed by atoms with E-state index in [1.165, 1.54) is 0 Å². The van der Waals surface area contributed by atoms with E-state index in [1.807, 2.05) is 47.4 Å². The second kappa shape index (κ2) is 9.03. The van der Waals surface area contributed by atoms with Gasteiger partial charge in [0.05, 0.1) is 19.1 Å². The fourth-order valence-electron chi connectivity index (χ4n) is 3.87. The van der Waals surface area contributed by atoms with Crippen molar-refractivity contribution in [2.45, 2.75) is 12.5 Å². The molecule has 5 nitrogen and oxygen atoms in total. The van der Waals surface area contributed by atoms with Crippen LogP contribution in [0.3, 0.4) is 0 Å². The standard InChI is InChI=1S/C21H23ClN2O3.ClH/c1-26-18-5-6-20-15(11-18)9-16(13-27-20)21(25)24-8-7-23-12-19(24)14-3-2-4-17(22)10-14;/h2-6,10-11,16,19,23H,7-9,12-13H2,1H3;1H. The molecule has 0 aromatic heterocycles. The summed E-state index contributed by atoms with van der Waals surface area (Å²) in [6.45, 7) is 2.60. The molecule has 28 heavy (non-hydrogen) atoms. The second-order valence-corrected chi connectivity index (χ2v) is 7.43. The molecule has 0 saturated carbocycles. The van der Waals surface area contributed by atoms with Crippen LogP contribution in [0.1, 0.15) is 17.2 Å². The van der Waals surface area contributed by atoms with Gasteiger partial charge in [0.25, 0.3) is 0 Å². The predicted octanol–water partition coefficient (Wildman–Crippen LogP) is 3.49. The van der Waals surface area contributed by atoms with Gasteiger partial charge in [-0.25, -0.2) is 0 Å². The zero-order valence-corrected chi connectivity index (χ0v) is 17.3. The van der Waals surface area contributed by atoms with E-state index in [0.29, 0.717) is 24.6 Å². The molecule has 2 unspecified atom stereocenters. The first-order chi connectivity index (χ1) is 13.2. The Bertz CT molecular complexity index is 846. The minimum absolute atomic E-state index is 0. The number of carbonyl (C=O) groups excluding carboxylic acids is 1. The van der Waals surface area contributed by atoms with E-state index in [1.54, 1.807) is 7.11 Å². The number of methoxy groups -OCH3 is 1. The fraction of sp³-hybridized carbons (Fsp3) is 0.381. The van der Waals surface area contributed by atoms with Crippen LogP contribution in [0.4, 0.5) is 0 Å². The van der Waals surface area contributed by atoms with Gasteiger partial charge in [-0.1, -0.05) is 23.7 Å². The summed E-state index contributed by atoms with van der Waals surface area (Å²) in [6.07, 6.45) is 0.664. The summed E-state index contributed by atoms with van der Waals surface area (Å²) >= 11 is 6.17. The highest BCUT2D eigenvalue weighted by molar-refractivity contribution is 6.30. The molecule has 1 N–H and O–H groups in total. The molecule has 1 saturated heterocycles. The molecule has 1 amide bonds. The number of nitrogens with one attached hydrogen (secondary N) is 1. The molecule has 2 aromatic rings. The lowest BCUT2D eigenvalue weighted by molar-refractivity contribution is -0.140. The van der Waals surface area contributed by atoms with Gasteiger partial charge in [-0.05, 0) is 47.9 Å². The summed E-state index contributed by atoms with van der Waals surface area (Å²) in [7, 11) is 1.64. The first-order valence-electron chi connectivity index (χ1n) is 9.22. The van der Waals surface area contributed by atoms with Crippen LogP contribution in [0.2, 0.25) is 5.02 Å². The van der Waals surface area contributed by atoms with Crippen molar-refractivity contribution in [3.63, 3.8) is 0 Å². The summed E-state index contributed by atoms with van der Waals surface area (Å²) in [5, 5.41) is 4.07. The third-order valence-corrected chi connectivity index (χ3v) is 5.52. The Morgan fingerprint density at radius 2 is 2.14 bits per heavy atom. The van der Waals surface area contributed by atoms with Crippen molar-refractivity contribution in [1.29, 1.82) is 0 Å². The van der Waals surface area contributed by atoms with Crippen LogP contribution in [-0.4, -0.2) is 44.2 Å². The van der Waals surface area contributed by atoms with E-state index in [4.69, 9.17) is 21.1 Å². The minimum Gasteiger partial charge on any atom is -0.497 e. The number of benzene rings is 2. The van der Waals surface area contributed by atoms with E-state index < -0.39 is 0 Å². The summed E-state index contributed by atoms with van der Waals surface area (Å²) in [6, 6.07) is 13.5. The van der Waals surface area contributed by atoms with Crippen molar-refractivity contribution < 1.29 is 14.3 Å². The summed E-state index contributed by atoms with van der Waals surface area (Å²) < 4.78 is 11.2. The molecule has 4 rings (SSSR count). The second-order valence-electron chi connectivity index (χ2n) is 6.99. The molecular formula is C21H24Cl2N2O3. The van der Waals surface area contributed by atoms with Crippen molar-refractivity contribution in [3.05, 3.63) is 58.6 Å². The maximum Gasteiger partial charge on any atom is 0.230 e. The van der Waals surface area contributed by atoms with Gasteiger partial charge in [-0.15, -0.1) is 12.4 Å². The maximum absolute atomic E-state index is 13.3. The zero-order valence-electron chi connectivity index (χ0n) is 15.7. The van der Waals surface area contributed by atoms with Gasteiger partial charge in [0, 0.05) is 24.7 Å². The fourth-order valence-corrected chi connectivity index (χ4v) is 4.07. The average Bonchev–Trinajstić information content (AvgIpc) is 2.72. The SMILES string of the molecule is COc1ccc2c(c1)CC(C(=O)N1CCNCC1c1cccc(Cl)c1)CO2.Cl. The molecule has 0 spiro atoms. The Kier molecular flexibility index (Phi) is 6.70. The van der Waals surface area contributed by atoms with Gasteiger partial charge in [0.2, 0.25) is 5.91 Å². The van der Waals surface area contributed by atoms with Crippen LogP contribution >= 0.6 is 24.0 Å². The number of halogens is 2. The van der Waals surface area contributed by atoms with E-state index in [2.05, 4.69) is 5.32 Å². The number of amides is 1. The van der Waals surface area contributed by atoms with Crippen molar-refractivity contribution in [1.82, 2.24) is 10.2 Å². The summed E-state index contributed by atoms with van der Waals surface area (Å²) in [5.41, 5.74) is 2.08. The zero-order chi connectivity index (χ0) is 18.8. The molecule has 150 valence electrons.